The lowest BCUT2D eigenvalue weighted by atomic mass is 9.95. The summed E-state index contributed by atoms with van der Waals surface area (Å²) in [6.07, 6.45) is 2.46. The molecule has 0 spiro atoms. The van der Waals surface area contributed by atoms with Gasteiger partial charge in [-0.05, 0) is 31.8 Å². The van der Waals surface area contributed by atoms with Crippen LogP contribution in [-0.4, -0.2) is 37.5 Å². The van der Waals surface area contributed by atoms with E-state index >= 15 is 0 Å². The van der Waals surface area contributed by atoms with Crippen LogP contribution in [0.2, 0.25) is 0 Å². The zero-order valence-electron chi connectivity index (χ0n) is 11.8. The van der Waals surface area contributed by atoms with Crippen LogP contribution < -0.4 is 16.0 Å². The van der Waals surface area contributed by atoms with Crippen molar-refractivity contribution in [2.24, 2.45) is 5.92 Å². The minimum absolute atomic E-state index is 0. The second-order valence-electron chi connectivity index (χ2n) is 4.99. The Hall–Kier alpha value is -0.810. The van der Waals surface area contributed by atoms with Gasteiger partial charge in [0.05, 0.1) is 0 Å². The van der Waals surface area contributed by atoms with Crippen LogP contribution in [0.25, 0.3) is 0 Å². The summed E-state index contributed by atoms with van der Waals surface area (Å²) in [7, 11) is 0. The van der Waals surface area contributed by atoms with Crippen LogP contribution in [0.5, 0.6) is 0 Å². The Bertz CT molecular complexity index is 287. The van der Waals surface area contributed by atoms with E-state index < -0.39 is 0 Å². The van der Waals surface area contributed by atoms with E-state index in [2.05, 4.69) is 22.9 Å². The van der Waals surface area contributed by atoms with Crippen molar-refractivity contribution >= 4 is 24.2 Å². The van der Waals surface area contributed by atoms with Gasteiger partial charge in [-0.2, -0.15) is 0 Å². The van der Waals surface area contributed by atoms with Crippen LogP contribution >= 0.6 is 12.4 Å². The summed E-state index contributed by atoms with van der Waals surface area (Å²) in [5.41, 5.74) is 0. The average molecular weight is 292 g/mol. The normalized spacial score (nSPS) is 22.2. The smallest absolute Gasteiger partial charge is 0.220 e. The first-order chi connectivity index (χ1) is 8.63. The minimum atomic E-state index is -0.0367. The molecular formula is C13H26ClN3O2. The van der Waals surface area contributed by atoms with E-state index in [0.29, 0.717) is 12.5 Å². The first-order valence-corrected chi connectivity index (χ1v) is 6.90. The fourth-order valence-corrected chi connectivity index (χ4v) is 2.09. The molecule has 1 rings (SSSR count). The highest BCUT2D eigenvalue weighted by Crippen LogP contribution is 2.10. The molecular weight excluding hydrogens is 266 g/mol. The van der Waals surface area contributed by atoms with Gasteiger partial charge in [0, 0.05) is 25.4 Å². The molecule has 1 fully saturated rings. The molecule has 0 aromatic carbocycles. The minimum Gasteiger partial charge on any atom is -0.356 e. The molecule has 0 aromatic rings. The van der Waals surface area contributed by atoms with Crippen LogP contribution in [0.4, 0.5) is 0 Å². The van der Waals surface area contributed by atoms with Gasteiger partial charge in [-0.25, -0.2) is 0 Å². The lowest BCUT2D eigenvalue weighted by Crippen LogP contribution is -2.48. The zero-order valence-corrected chi connectivity index (χ0v) is 12.6. The molecule has 112 valence electrons. The zero-order chi connectivity index (χ0) is 13.4. The number of amides is 2. The summed E-state index contributed by atoms with van der Waals surface area (Å²) in [6.45, 7) is 6.72. The van der Waals surface area contributed by atoms with Crippen LogP contribution in [-0.2, 0) is 9.59 Å². The van der Waals surface area contributed by atoms with E-state index in [1.165, 1.54) is 0 Å². The molecule has 1 aliphatic rings. The van der Waals surface area contributed by atoms with Crippen molar-refractivity contribution in [1.29, 1.82) is 0 Å². The van der Waals surface area contributed by atoms with Gasteiger partial charge in [0.1, 0.15) is 0 Å². The predicted octanol–water partition coefficient (Wildman–Crippen LogP) is 0.829. The molecule has 2 unspecified atom stereocenters. The number of carbonyl (C=O) groups is 2. The number of hydrogen-bond donors (Lipinski definition) is 3. The third kappa shape index (κ3) is 7.38. The Morgan fingerprint density at radius 1 is 1.26 bits per heavy atom. The van der Waals surface area contributed by atoms with E-state index in [4.69, 9.17) is 0 Å². The van der Waals surface area contributed by atoms with E-state index in [1.54, 1.807) is 0 Å². The third-order valence-corrected chi connectivity index (χ3v) is 3.28. The standard InChI is InChI=1S/C13H25N3O2.ClH/c1-3-7-15-12(17)4-5-13(18)16-11-6-8-14-9-10(11)2;/h10-11,14H,3-9H2,1-2H3,(H,15,17)(H,16,18);1H. The fraction of sp³-hybridized carbons (Fsp3) is 0.846. The summed E-state index contributed by atoms with van der Waals surface area (Å²) >= 11 is 0. The van der Waals surface area contributed by atoms with E-state index in [1.807, 2.05) is 6.92 Å². The van der Waals surface area contributed by atoms with Gasteiger partial charge in [-0.15, -0.1) is 12.4 Å². The SMILES string of the molecule is CCCNC(=O)CCC(=O)NC1CCNCC1C.Cl. The van der Waals surface area contributed by atoms with Crippen molar-refractivity contribution in [2.75, 3.05) is 19.6 Å². The van der Waals surface area contributed by atoms with Crippen molar-refractivity contribution in [3.8, 4) is 0 Å². The Labute approximate surface area is 121 Å². The highest BCUT2D eigenvalue weighted by molar-refractivity contribution is 5.85. The molecule has 1 aliphatic heterocycles. The van der Waals surface area contributed by atoms with Gasteiger partial charge in [-0.1, -0.05) is 13.8 Å². The van der Waals surface area contributed by atoms with Gasteiger partial charge in [-0.3, -0.25) is 9.59 Å². The summed E-state index contributed by atoms with van der Waals surface area (Å²) in [4.78, 5) is 23.1. The highest BCUT2D eigenvalue weighted by Gasteiger charge is 2.22. The fourth-order valence-electron chi connectivity index (χ4n) is 2.09. The number of rotatable bonds is 6. The topological polar surface area (TPSA) is 70.2 Å². The second-order valence-corrected chi connectivity index (χ2v) is 4.99. The molecule has 19 heavy (non-hydrogen) atoms. The summed E-state index contributed by atoms with van der Waals surface area (Å²) in [5, 5.41) is 9.09. The molecule has 1 saturated heterocycles. The Morgan fingerprint density at radius 3 is 2.58 bits per heavy atom. The monoisotopic (exact) mass is 291 g/mol. The third-order valence-electron chi connectivity index (χ3n) is 3.28. The molecule has 0 radical (unpaired) electrons. The molecule has 0 aliphatic carbocycles. The number of piperidine rings is 1. The van der Waals surface area contributed by atoms with Crippen molar-refractivity contribution < 1.29 is 9.59 Å². The Morgan fingerprint density at radius 2 is 1.95 bits per heavy atom. The van der Waals surface area contributed by atoms with Crippen molar-refractivity contribution in [2.45, 2.75) is 45.6 Å². The summed E-state index contributed by atoms with van der Waals surface area (Å²) in [6, 6.07) is 0.248. The number of carbonyl (C=O) groups excluding carboxylic acids is 2. The van der Waals surface area contributed by atoms with Crippen LogP contribution in [0.3, 0.4) is 0 Å². The van der Waals surface area contributed by atoms with E-state index in [-0.39, 0.29) is 43.1 Å². The van der Waals surface area contributed by atoms with Crippen molar-refractivity contribution in [3.05, 3.63) is 0 Å². The number of hydrogen-bond acceptors (Lipinski definition) is 3. The Balaban J connectivity index is 0.00000324. The first kappa shape index (κ1) is 18.2. The first-order valence-electron chi connectivity index (χ1n) is 6.90. The van der Waals surface area contributed by atoms with E-state index in [9.17, 15) is 9.59 Å². The van der Waals surface area contributed by atoms with Gasteiger partial charge >= 0.3 is 0 Å². The average Bonchev–Trinajstić information content (AvgIpc) is 2.36. The van der Waals surface area contributed by atoms with Crippen LogP contribution in [0.15, 0.2) is 0 Å². The summed E-state index contributed by atoms with van der Waals surface area (Å²) < 4.78 is 0. The van der Waals surface area contributed by atoms with E-state index in [0.717, 1.165) is 25.9 Å². The van der Waals surface area contributed by atoms with Crippen LogP contribution in [0.1, 0.15) is 39.5 Å². The van der Waals surface area contributed by atoms with Gasteiger partial charge < -0.3 is 16.0 Å². The van der Waals surface area contributed by atoms with Gasteiger partial charge in [0.25, 0.3) is 0 Å². The predicted molar refractivity (Wildman–Crippen MR) is 78.4 cm³/mol. The molecule has 0 saturated carbocycles. The quantitative estimate of drug-likeness (QED) is 0.679. The maximum absolute atomic E-state index is 11.7. The molecule has 1 heterocycles. The summed E-state index contributed by atoms with van der Waals surface area (Å²) in [5.74, 6) is 0.405. The molecule has 5 nitrogen and oxygen atoms in total. The van der Waals surface area contributed by atoms with Gasteiger partial charge in [0.15, 0.2) is 0 Å². The van der Waals surface area contributed by atoms with Crippen LogP contribution in [0, 0.1) is 5.92 Å². The van der Waals surface area contributed by atoms with Gasteiger partial charge in [0.2, 0.25) is 11.8 Å². The second kappa shape index (κ2) is 10.0. The largest absolute Gasteiger partial charge is 0.356 e. The van der Waals surface area contributed by atoms with Crippen molar-refractivity contribution in [1.82, 2.24) is 16.0 Å². The Kier molecular flexibility index (Phi) is 9.61. The molecule has 3 N–H and O–H groups in total. The maximum Gasteiger partial charge on any atom is 0.220 e. The highest BCUT2D eigenvalue weighted by atomic mass is 35.5. The molecule has 0 bridgehead atoms. The molecule has 6 heteroatoms. The number of nitrogens with one attached hydrogen (secondary N) is 3. The molecule has 2 atom stereocenters. The number of halogens is 1. The van der Waals surface area contributed by atoms with Crippen molar-refractivity contribution in [3.63, 3.8) is 0 Å². The molecule has 0 aromatic heterocycles. The lowest BCUT2D eigenvalue weighted by Gasteiger charge is -2.30. The maximum atomic E-state index is 11.7. The lowest BCUT2D eigenvalue weighted by molar-refractivity contribution is -0.127. The molecule has 2 amide bonds.